The van der Waals surface area contributed by atoms with Gasteiger partial charge in [-0.05, 0) is 30.5 Å². The number of nitrogens with zero attached hydrogens (tertiary/aromatic N) is 1. The molecule has 0 atom stereocenters. The third kappa shape index (κ3) is 3.93. The molecule has 1 aliphatic rings. The standard InChI is InChI=1S/C21H23FN2O2/c1-21(20(26)23-15-16-7-3-2-4-8-16)11-13-24(14-12-21)19(25)17-9-5-6-10-18(17)22/h2-10H,11-15H2,1H3,(H,23,26). The van der Waals surface area contributed by atoms with Gasteiger partial charge in [-0.25, -0.2) is 4.39 Å². The molecule has 2 aromatic rings. The molecule has 0 aromatic heterocycles. The van der Waals surface area contributed by atoms with Crippen molar-refractivity contribution in [3.05, 3.63) is 71.5 Å². The van der Waals surface area contributed by atoms with Crippen LogP contribution in [0.4, 0.5) is 4.39 Å². The maximum atomic E-state index is 13.8. The van der Waals surface area contributed by atoms with E-state index in [1.165, 1.54) is 12.1 Å². The highest BCUT2D eigenvalue weighted by molar-refractivity contribution is 5.94. The zero-order valence-electron chi connectivity index (χ0n) is 14.9. The van der Waals surface area contributed by atoms with Crippen LogP contribution in [-0.2, 0) is 11.3 Å². The van der Waals surface area contributed by atoms with Crippen molar-refractivity contribution >= 4 is 11.8 Å². The Bertz CT molecular complexity index is 784. The second kappa shape index (κ2) is 7.68. The van der Waals surface area contributed by atoms with Crippen LogP contribution in [0.15, 0.2) is 54.6 Å². The van der Waals surface area contributed by atoms with Crippen molar-refractivity contribution in [1.29, 1.82) is 0 Å². The molecular formula is C21H23FN2O2. The number of hydrogen-bond acceptors (Lipinski definition) is 2. The van der Waals surface area contributed by atoms with Crippen LogP contribution >= 0.6 is 0 Å². The first-order chi connectivity index (χ1) is 12.5. The van der Waals surface area contributed by atoms with Crippen molar-refractivity contribution in [3.8, 4) is 0 Å². The van der Waals surface area contributed by atoms with Gasteiger partial charge < -0.3 is 10.2 Å². The Kier molecular flexibility index (Phi) is 5.35. The molecule has 0 unspecified atom stereocenters. The summed E-state index contributed by atoms with van der Waals surface area (Å²) in [4.78, 5) is 26.7. The topological polar surface area (TPSA) is 49.4 Å². The molecular weight excluding hydrogens is 331 g/mol. The third-order valence-corrected chi connectivity index (χ3v) is 5.10. The Morgan fingerprint density at radius 3 is 2.31 bits per heavy atom. The van der Waals surface area contributed by atoms with Crippen LogP contribution in [0.3, 0.4) is 0 Å². The van der Waals surface area contributed by atoms with E-state index in [0.29, 0.717) is 32.5 Å². The van der Waals surface area contributed by atoms with Crippen molar-refractivity contribution < 1.29 is 14.0 Å². The molecule has 5 heteroatoms. The van der Waals surface area contributed by atoms with Crippen molar-refractivity contribution in [2.24, 2.45) is 5.41 Å². The normalized spacial score (nSPS) is 16.2. The van der Waals surface area contributed by atoms with Gasteiger partial charge in [-0.3, -0.25) is 9.59 Å². The minimum atomic E-state index is -0.513. The fourth-order valence-electron chi connectivity index (χ4n) is 3.23. The maximum Gasteiger partial charge on any atom is 0.256 e. The molecule has 0 saturated carbocycles. The van der Waals surface area contributed by atoms with Gasteiger partial charge in [0.15, 0.2) is 0 Å². The van der Waals surface area contributed by atoms with Crippen molar-refractivity contribution in [2.75, 3.05) is 13.1 Å². The first-order valence-electron chi connectivity index (χ1n) is 8.86. The van der Waals surface area contributed by atoms with E-state index in [4.69, 9.17) is 0 Å². The quantitative estimate of drug-likeness (QED) is 0.915. The van der Waals surface area contributed by atoms with Crippen molar-refractivity contribution in [1.82, 2.24) is 10.2 Å². The number of amides is 2. The first kappa shape index (κ1) is 18.1. The highest BCUT2D eigenvalue weighted by Gasteiger charge is 2.38. The summed E-state index contributed by atoms with van der Waals surface area (Å²) in [5.41, 5.74) is 0.627. The zero-order chi connectivity index (χ0) is 18.6. The molecule has 1 N–H and O–H groups in total. The molecule has 0 spiro atoms. The predicted molar refractivity (Wildman–Crippen MR) is 97.9 cm³/mol. The summed E-state index contributed by atoms with van der Waals surface area (Å²) in [7, 11) is 0. The number of piperidine rings is 1. The third-order valence-electron chi connectivity index (χ3n) is 5.10. The van der Waals surface area contributed by atoms with E-state index < -0.39 is 11.2 Å². The highest BCUT2D eigenvalue weighted by Crippen LogP contribution is 2.32. The van der Waals surface area contributed by atoms with Gasteiger partial charge in [0, 0.05) is 25.0 Å². The lowest BCUT2D eigenvalue weighted by molar-refractivity contribution is -0.132. The van der Waals surface area contributed by atoms with Gasteiger partial charge in [-0.2, -0.15) is 0 Å². The average Bonchev–Trinajstić information content (AvgIpc) is 2.67. The summed E-state index contributed by atoms with van der Waals surface area (Å²) in [5.74, 6) is -0.819. The number of hydrogen-bond donors (Lipinski definition) is 1. The Morgan fingerprint density at radius 1 is 1.04 bits per heavy atom. The highest BCUT2D eigenvalue weighted by atomic mass is 19.1. The van der Waals surface area contributed by atoms with Crippen LogP contribution in [0.25, 0.3) is 0 Å². The maximum absolute atomic E-state index is 13.8. The smallest absolute Gasteiger partial charge is 0.256 e. The molecule has 2 aromatic carbocycles. The lowest BCUT2D eigenvalue weighted by Crippen LogP contribution is -2.48. The minimum Gasteiger partial charge on any atom is -0.352 e. The summed E-state index contributed by atoms with van der Waals surface area (Å²) >= 11 is 0. The summed E-state index contributed by atoms with van der Waals surface area (Å²) in [6.45, 7) is 3.32. The van der Waals surface area contributed by atoms with E-state index in [2.05, 4.69) is 5.32 Å². The number of carbonyl (C=O) groups excluding carboxylic acids is 2. The molecule has 0 aliphatic carbocycles. The van der Waals surface area contributed by atoms with Crippen LogP contribution in [0.2, 0.25) is 0 Å². The number of carbonyl (C=O) groups is 2. The Labute approximate surface area is 153 Å². The predicted octanol–water partition coefficient (Wildman–Crippen LogP) is 3.38. The molecule has 1 saturated heterocycles. The number of halogens is 1. The van der Waals surface area contributed by atoms with Crippen molar-refractivity contribution in [2.45, 2.75) is 26.3 Å². The number of nitrogens with one attached hydrogen (secondary N) is 1. The lowest BCUT2D eigenvalue weighted by atomic mass is 9.79. The van der Waals surface area contributed by atoms with E-state index >= 15 is 0 Å². The second-order valence-corrected chi connectivity index (χ2v) is 7.00. The van der Waals surface area contributed by atoms with Gasteiger partial charge in [-0.1, -0.05) is 49.4 Å². The summed E-state index contributed by atoms with van der Waals surface area (Å²) < 4.78 is 13.8. The lowest BCUT2D eigenvalue weighted by Gasteiger charge is -2.38. The van der Waals surface area contributed by atoms with Gasteiger partial charge in [0.1, 0.15) is 5.82 Å². The molecule has 1 fully saturated rings. The van der Waals surface area contributed by atoms with Crippen molar-refractivity contribution in [3.63, 3.8) is 0 Å². The average molecular weight is 354 g/mol. The van der Waals surface area contributed by atoms with E-state index in [-0.39, 0.29) is 17.4 Å². The van der Waals surface area contributed by atoms with Crippen LogP contribution in [0, 0.1) is 11.2 Å². The summed E-state index contributed by atoms with van der Waals surface area (Å²) in [6.07, 6.45) is 1.13. The zero-order valence-corrected chi connectivity index (χ0v) is 14.9. The second-order valence-electron chi connectivity index (χ2n) is 7.00. The first-order valence-corrected chi connectivity index (χ1v) is 8.86. The largest absolute Gasteiger partial charge is 0.352 e. The molecule has 2 amide bonds. The van der Waals surface area contributed by atoms with Gasteiger partial charge in [-0.15, -0.1) is 0 Å². The van der Waals surface area contributed by atoms with Gasteiger partial charge in [0.05, 0.1) is 5.56 Å². The molecule has 136 valence electrons. The molecule has 4 nitrogen and oxygen atoms in total. The molecule has 26 heavy (non-hydrogen) atoms. The van der Waals surface area contributed by atoms with Crippen LogP contribution in [0.5, 0.6) is 0 Å². The minimum absolute atomic E-state index is 0.000608. The van der Waals surface area contributed by atoms with Gasteiger partial charge >= 0.3 is 0 Å². The van der Waals surface area contributed by atoms with Crippen LogP contribution in [-0.4, -0.2) is 29.8 Å². The monoisotopic (exact) mass is 354 g/mol. The summed E-state index contributed by atoms with van der Waals surface area (Å²) in [5, 5.41) is 2.99. The molecule has 0 bridgehead atoms. The molecule has 1 heterocycles. The van der Waals surface area contributed by atoms with E-state index in [1.54, 1.807) is 17.0 Å². The van der Waals surface area contributed by atoms with Crippen LogP contribution in [0.1, 0.15) is 35.7 Å². The molecule has 0 radical (unpaired) electrons. The number of likely N-dealkylation sites (tertiary alicyclic amines) is 1. The summed E-state index contributed by atoms with van der Waals surface area (Å²) in [6, 6.07) is 15.8. The van der Waals surface area contributed by atoms with Gasteiger partial charge in [0.25, 0.3) is 5.91 Å². The van der Waals surface area contributed by atoms with E-state index in [0.717, 1.165) is 5.56 Å². The van der Waals surface area contributed by atoms with E-state index in [9.17, 15) is 14.0 Å². The van der Waals surface area contributed by atoms with Gasteiger partial charge in [0.2, 0.25) is 5.91 Å². The fraction of sp³-hybridized carbons (Fsp3) is 0.333. The fourth-order valence-corrected chi connectivity index (χ4v) is 3.23. The number of rotatable bonds is 4. The van der Waals surface area contributed by atoms with E-state index in [1.807, 2.05) is 37.3 Å². The molecule has 3 rings (SSSR count). The van der Waals surface area contributed by atoms with Crippen LogP contribution < -0.4 is 5.32 Å². The molecule has 1 aliphatic heterocycles. The Balaban J connectivity index is 1.57. The SMILES string of the molecule is CC1(C(=O)NCc2ccccc2)CCN(C(=O)c2ccccc2F)CC1. The Hall–Kier alpha value is -2.69. The number of benzene rings is 2. The Morgan fingerprint density at radius 2 is 1.65 bits per heavy atom.